The number of ether oxygens (including phenoxy) is 1. The minimum Gasteiger partial charge on any atom is -0.481 e. The van der Waals surface area contributed by atoms with Crippen molar-refractivity contribution in [2.24, 2.45) is 0 Å². The first kappa shape index (κ1) is 18.9. The van der Waals surface area contributed by atoms with Gasteiger partial charge in [0.2, 0.25) is 0 Å². The summed E-state index contributed by atoms with van der Waals surface area (Å²) >= 11 is 0. The number of amides is 2. The van der Waals surface area contributed by atoms with Crippen molar-refractivity contribution < 1.29 is 19.2 Å². The van der Waals surface area contributed by atoms with Gasteiger partial charge in [-0.25, -0.2) is 0 Å². The van der Waals surface area contributed by atoms with E-state index in [-0.39, 0.29) is 11.6 Å². The molecule has 0 heterocycles. The van der Waals surface area contributed by atoms with Gasteiger partial charge in [-0.3, -0.25) is 19.7 Å². The summed E-state index contributed by atoms with van der Waals surface area (Å²) in [6.07, 6.45) is -0.829. The van der Waals surface area contributed by atoms with Crippen LogP contribution in [0.5, 0.6) is 5.75 Å². The van der Waals surface area contributed by atoms with Crippen molar-refractivity contribution in [2.45, 2.75) is 20.0 Å². The van der Waals surface area contributed by atoms with Gasteiger partial charge in [0.15, 0.2) is 6.10 Å². The molecule has 0 bridgehead atoms. The molecule has 8 heteroatoms. The zero-order valence-corrected chi connectivity index (χ0v) is 14.4. The Bertz CT molecular complexity index is 805. The third-order valence-electron chi connectivity index (χ3n) is 3.46. The van der Waals surface area contributed by atoms with Crippen LogP contribution in [0, 0.1) is 10.1 Å². The third-order valence-corrected chi connectivity index (χ3v) is 3.46. The third kappa shape index (κ3) is 5.04. The van der Waals surface area contributed by atoms with E-state index in [1.807, 2.05) is 6.92 Å². The lowest BCUT2D eigenvalue weighted by Gasteiger charge is -2.15. The van der Waals surface area contributed by atoms with Crippen LogP contribution in [0.25, 0.3) is 0 Å². The van der Waals surface area contributed by atoms with Crippen molar-refractivity contribution in [3.05, 3.63) is 64.2 Å². The maximum Gasteiger partial charge on any atom is 0.269 e. The van der Waals surface area contributed by atoms with Crippen LogP contribution in [0.2, 0.25) is 0 Å². The molecular formula is C18H19N3O5. The second-order valence-electron chi connectivity index (χ2n) is 5.44. The van der Waals surface area contributed by atoms with Crippen LogP contribution >= 0.6 is 0 Å². The van der Waals surface area contributed by atoms with Crippen LogP contribution in [-0.2, 0) is 4.79 Å². The SMILES string of the molecule is CCNC(=O)c1cccc(NC(=O)C(C)Oc2ccc([N+](=O)[O-])cc2)c1. The number of nitro groups is 1. The van der Waals surface area contributed by atoms with E-state index in [4.69, 9.17) is 4.74 Å². The molecular weight excluding hydrogens is 338 g/mol. The Morgan fingerprint density at radius 2 is 1.88 bits per heavy atom. The molecule has 8 nitrogen and oxygen atoms in total. The van der Waals surface area contributed by atoms with Crippen molar-refractivity contribution in [3.63, 3.8) is 0 Å². The highest BCUT2D eigenvalue weighted by Gasteiger charge is 2.16. The molecule has 2 aromatic rings. The monoisotopic (exact) mass is 357 g/mol. The van der Waals surface area contributed by atoms with Gasteiger partial charge in [0.05, 0.1) is 4.92 Å². The van der Waals surface area contributed by atoms with E-state index in [0.29, 0.717) is 23.5 Å². The highest BCUT2D eigenvalue weighted by Crippen LogP contribution is 2.19. The zero-order valence-electron chi connectivity index (χ0n) is 14.4. The molecule has 0 spiro atoms. The zero-order chi connectivity index (χ0) is 19.1. The molecule has 0 fully saturated rings. The molecule has 1 atom stereocenters. The topological polar surface area (TPSA) is 111 Å². The largest absolute Gasteiger partial charge is 0.481 e. The van der Waals surface area contributed by atoms with Crippen molar-refractivity contribution in [1.29, 1.82) is 0 Å². The number of carbonyl (C=O) groups is 2. The Morgan fingerprint density at radius 3 is 2.50 bits per heavy atom. The number of benzene rings is 2. The number of nitrogens with zero attached hydrogens (tertiary/aromatic N) is 1. The molecule has 26 heavy (non-hydrogen) atoms. The van der Waals surface area contributed by atoms with Crippen molar-refractivity contribution in [3.8, 4) is 5.75 Å². The Balaban J connectivity index is 1.99. The minimum atomic E-state index is -0.829. The lowest BCUT2D eigenvalue weighted by atomic mass is 10.2. The predicted molar refractivity (Wildman–Crippen MR) is 96.3 cm³/mol. The summed E-state index contributed by atoms with van der Waals surface area (Å²) in [7, 11) is 0. The summed E-state index contributed by atoms with van der Waals surface area (Å²) in [5.74, 6) is -0.287. The Labute approximate surface area is 150 Å². The van der Waals surface area contributed by atoms with Crippen LogP contribution < -0.4 is 15.4 Å². The van der Waals surface area contributed by atoms with Gasteiger partial charge in [0.1, 0.15) is 5.75 Å². The van der Waals surface area contributed by atoms with Crippen molar-refractivity contribution >= 4 is 23.2 Å². The van der Waals surface area contributed by atoms with Gasteiger partial charge >= 0.3 is 0 Å². The first-order chi connectivity index (χ1) is 12.4. The molecule has 0 aromatic heterocycles. The normalized spacial score (nSPS) is 11.3. The number of hydrogen-bond donors (Lipinski definition) is 2. The molecule has 136 valence electrons. The number of nitrogens with one attached hydrogen (secondary N) is 2. The highest BCUT2D eigenvalue weighted by atomic mass is 16.6. The summed E-state index contributed by atoms with van der Waals surface area (Å²) in [6, 6.07) is 12.0. The average Bonchev–Trinajstić information content (AvgIpc) is 2.62. The van der Waals surface area contributed by atoms with Crippen LogP contribution in [0.3, 0.4) is 0 Å². The number of rotatable bonds is 7. The number of hydrogen-bond acceptors (Lipinski definition) is 5. The molecule has 0 saturated heterocycles. The van der Waals surface area contributed by atoms with E-state index in [0.717, 1.165) is 0 Å². The molecule has 2 amide bonds. The highest BCUT2D eigenvalue weighted by molar-refractivity contribution is 5.98. The van der Waals surface area contributed by atoms with Crippen LogP contribution in [0.1, 0.15) is 24.2 Å². The number of non-ortho nitro benzene ring substituents is 1. The standard InChI is InChI=1S/C18H19N3O5/c1-3-19-18(23)13-5-4-6-14(11-13)20-17(22)12(2)26-16-9-7-15(8-10-16)21(24)25/h4-12H,3H2,1-2H3,(H,19,23)(H,20,22). The quantitative estimate of drug-likeness (QED) is 0.585. The second kappa shape index (κ2) is 8.61. The molecule has 2 aromatic carbocycles. The van der Waals surface area contributed by atoms with Crippen LogP contribution in [-0.4, -0.2) is 29.4 Å². The van der Waals surface area contributed by atoms with E-state index in [1.165, 1.54) is 24.3 Å². The number of carbonyl (C=O) groups excluding carboxylic acids is 2. The summed E-state index contributed by atoms with van der Waals surface area (Å²) in [4.78, 5) is 34.2. The summed E-state index contributed by atoms with van der Waals surface area (Å²) in [5.41, 5.74) is 0.850. The molecule has 0 aliphatic heterocycles. The van der Waals surface area contributed by atoms with Crippen LogP contribution in [0.15, 0.2) is 48.5 Å². The smallest absolute Gasteiger partial charge is 0.269 e. The molecule has 0 aliphatic rings. The van der Waals surface area contributed by atoms with Gasteiger partial charge in [-0.15, -0.1) is 0 Å². The Morgan fingerprint density at radius 1 is 1.19 bits per heavy atom. The first-order valence-corrected chi connectivity index (χ1v) is 8.01. The lowest BCUT2D eigenvalue weighted by Crippen LogP contribution is -2.30. The summed E-state index contributed by atoms with van der Waals surface area (Å²) in [5, 5.41) is 16.0. The molecule has 2 rings (SSSR count). The van der Waals surface area contributed by atoms with E-state index >= 15 is 0 Å². The van der Waals surface area contributed by atoms with Gasteiger partial charge in [0, 0.05) is 29.9 Å². The Hall–Kier alpha value is -3.42. The van der Waals surface area contributed by atoms with Gasteiger partial charge in [-0.2, -0.15) is 0 Å². The van der Waals surface area contributed by atoms with Gasteiger partial charge in [-0.1, -0.05) is 6.07 Å². The number of nitro benzene ring substituents is 1. The van der Waals surface area contributed by atoms with Crippen molar-refractivity contribution in [1.82, 2.24) is 5.32 Å². The summed E-state index contributed by atoms with van der Waals surface area (Å²) in [6.45, 7) is 3.89. The van der Waals surface area contributed by atoms with E-state index < -0.39 is 16.9 Å². The fourth-order valence-electron chi connectivity index (χ4n) is 2.15. The number of anilines is 1. The summed E-state index contributed by atoms with van der Waals surface area (Å²) < 4.78 is 5.49. The molecule has 2 N–H and O–H groups in total. The first-order valence-electron chi connectivity index (χ1n) is 8.01. The van der Waals surface area contributed by atoms with Gasteiger partial charge < -0.3 is 15.4 Å². The molecule has 0 radical (unpaired) electrons. The van der Waals surface area contributed by atoms with E-state index in [2.05, 4.69) is 10.6 Å². The van der Waals surface area contributed by atoms with Gasteiger partial charge in [0.25, 0.3) is 17.5 Å². The second-order valence-corrected chi connectivity index (χ2v) is 5.44. The fourth-order valence-corrected chi connectivity index (χ4v) is 2.15. The fraction of sp³-hybridized carbons (Fsp3) is 0.222. The maximum atomic E-state index is 12.3. The molecule has 0 aliphatic carbocycles. The Kier molecular flexibility index (Phi) is 6.26. The predicted octanol–water partition coefficient (Wildman–Crippen LogP) is 2.75. The van der Waals surface area contributed by atoms with Crippen molar-refractivity contribution in [2.75, 3.05) is 11.9 Å². The maximum absolute atomic E-state index is 12.3. The van der Waals surface area contributed by atoms with E-state index in [1.54, 1.807) is 31.2 Å². The van der Waals surface area contributed by atoms with Gasteiger partial charge in [-0.05, 0) is 44.2 Å². The molecule has 1 unspecified atom stereocenters. The van der Waals surface area contributed by atoms with E-state index in [9.17, 15) is 19.7 Å². The average molecular weight is 357 g/mol. The lowest BCUT2D eigenvalue weighted by molar-refractivity contribution is -0.384. The molecule has 0 saturated carbocycles. The minimum absolute atomic E-state index is 0.0587. The van der Waals surface area contributed by atoms with Crippen LogP contribution in [0.4, 0.5) is 11.4 Å².